The number of ether oxygens (including phenoxy) is 2. The Labute approximate surface area is 124 Å². The number of fused-ring (bicyclic) bond motifs is 1. The molecule has 0 bridgehead atoms. The van der Waals surface area contributed by atoms with Gasteiger partial charge in [0.1, 0.15) is 12.0 Å². The van der Waals surface area contributed by atoms with E-state index in [0.29, 0.717) is 17.3 Å². The zero-order chi connectivity index (χ0) is 15.0. The Bertz CT molecular complexity index is 602. The number of aromatic nitrogens is 4. The van der Waals surface area contributed by atoms with Crippen LogP contribution in [0.1, 0.15) is 12.7 Å². The zero-order valence-electron chi connectivity index (χ0n) is 11.4. The average molecular weight is 311 g/mol. The highest BCUT2D eigenvalue weighted by Crippen LogP contribution is 2.44. The van der Waals surface area contributed by atoms with Gasteiger partial charge in [-0.25, -0.2) is 0 Å². The van der Waals surface area contributed by atoms with E-state index in [1.165, 1.54) is 14.0 Å². The van der Waals surface area contributed by atoms with Gasteiger partial charge in [0.25, 0.3) is 5.91 Å². The minimum atomic E-state index is -0.466. The Balaban J connectivity index is 1.95. The maximum absolute atomic E-state index is 12.2. The number of H-pyrrole nitrogens is 1. The topological polar surface area (TPSA) is 110 Å². The average Bonchev–Trinajstić information content (AvgIpc) is 2.98. The number of tetrazole rings is 1. The number of nitrogens with zero attached hydrogens (tertiary/aromatic N) is 4. The summed E-state index contributed by atoms with van der Waals surface area (Å²) in [4.78, 5) is 24.8. The van der Waals surface area contributed by atoms with Gasteiger partial charge in [0.15, 0.2) is 6.10 Å². The van der Waals surface area contributed by atoms with Crippen LogP contribution in [0.15, 0.2) is 5.57 Å². The second-order valence-electron chi connectivity index (χ2n) is 4.53. The standard InChI is InChI=1S/C11H13N5O4S/c1-5(17)20-3-6-4-21-11-8(19-2)10(18)16(11)7(6)9-12-14-15-13-9/h8,11H,3-4H2,1-2H3,(H,12,13,14,15)/t8-,11-/m0/s1. The summed E-state index contributed by atoms with van der Waals surface area (Å²) in [6.07, 6.45) is -0.466. The third-order valence-electron chi connectivity index (χ3n) is 3.26. The van der Waals surface area contributed by atoms with E-state index in [9.17, 15) is 9.59 Å². The first-order chi connectivity index (χ1) is 10.1. The van der Waals surface area contributed by atoms with Gasteiger partial charge >= 0.3 is 5.97 Å². The summed E-state index contributed by atoms with van der Waals surface area (Å²) in [6.45, 7) is 1.43. The molecule has 2 aliphatic rings. The Hall–Kier alpha value is -1.94. The van der Waals surface area contributed by atoms with Gasteiger partial charge in [-0.3, -0.25) is 14.5 Å². The van der Waals surface area contributed by atoms with Crippen LogP contribution >= 0.6 is 11.8 Å². The van der Waals surface area contributed by atoms with Crippen LogP contribution in [-0.2, 0) is 19.1 Å². The fourth-order valence-electron chi connectivity index (χ4n) is 2.31. The maximum atomic E-state index is 12.2. The Kier molecular flexibility index (Phi) is 3.64. The first-order valence-corrected chi connectivity index (χ1v) is 7.25. The quantitative estimate of drug-likeness (QED) is 0.580. The minimum absolute atomic E-state index is 0.0976. The van der Waals surface area contributed by atoms with Gasteiger partial charge in [0, 0.05) is 25.4 Å². The molecular formula is C11H13N5O4S. The number of carbonyl (C=O) groups excluding carboxylic acids is 2. The van der Waals surface area contributed by atoms with Crippen LogP contribution in [0, 0.1) is 0 Å². The molecule has 0 spiro atoms. The van der Waals surface area contributed by atoms with Gasteiger partial charge in [-0.2, -0.15) is 5.21 Å². The van der Waals surface area contributed by atoms with Crippen molar-refractivity contribution in [2.75, 3.05) is 19.5 Å². The number of amides is 1. The number of aromatic amines is 1. The number of carbonyl (C=O) groups is 2. The van der Waals surface area contributed by atoms with Crippen LogP contribution in [0.2, 0.25) is 0 Å². The molecule has 9 nitrogen and oxygen atoms in total. The highest BCUT2D eigenvalue weighted by molar-refractivity contribution is 8.00. The van der Waals surface area contributed by atoms with Crippen LogP contribution in [-0.4, -0.2) is 68.3 Å². The van der Waals surface area contributed by atoms with Crippen LogP contribution in [0.4, 0.5) is 0 Å². The number of β-lactam (4-membered cyclic amide) rings is 1. The van der Waals surface area contributed by atoms with E-state index in [-0.39, 0.29) is 23.9 Å². The van der Waals surface area contributed by atoms with Gasteiger partial charge in [-0.05, 0) is 5.21 Å². The predicted octanol–water partition coefficient (Wildman–Crippen LogP) is -0.596. The predicted molar refractivity (Wildman–Crippen MR) is 71.6 cm³/mol. The third kappa shape index (κ3) is 2.29. The number of hydrogen-bond acceptors (Lipinski definition) is 8. The lowest BCUT2D eigenvalue weighted by Gasteiger charge is -2.48. The van der Waals surface area contributed by atoms with Crippen molar-refractivity contribution in [2.45, 2.75) is 18.4 Å². The number of nitrogens with one attached hydrogen (secondary N) is 1. The van der Waals surface area contributed by atoms with Gasteiger partial charge in [-0.15, -0.1) is 22.0 Å². The molecule has 21 heavy (non-hydrogen) atoms. The number of hydrogen-bond donors (Lipinski definition) is 1. The summed E-state index contributed by atoms with van der Waals surface area (Å²) in [5, 5.41) is 13.6. The highest BCUT2D eigenvalue weighted by Gasteiger charge is 2.53. The SMILES string of the molecule is CO[C@H]1C(=O)N2C(c3nn[nH]n3)=C(COC(C)=O)CS[C@@H]12. The van der Waals surface area contributed by atoms with Crippen LogP contribution in [0.3, 0.4) is 0 Å². The molecule has 3 rings (SSSR count). The number of methoxy groups -OCH3 is 1. The van der Waals surface area contributed by atoms with Crippen molar-refractivity contribution < 1.29 is 19.1 Å². The molecule has 3 heterocycles. The first kappa shape index (κ1) is 14.0. The Morgan fingerprint density at radius 2 is 2.38 bits per heavy atom. The molecule has 2 aliphatic heterocycles. The van der Waals surface area contributed by atoms with Gasteiger partial charge in [0.05, 0.1) is 5.70 Å². The molecule has 1 N–H and O–H groups in total. The summed E-state index contributed by atoms with van der Waals surface area (Å²) in [7, 11) is 1.51. The lowest BCUT2D eigenvalue weighted by Crippen LogP contribution is -2.64. The van der Waals surface area contributed by atoms with E-state index in [1.54, 1.807) is 16.7 Å². The molecule has 1 aromatic rings. The zero-order valence-corrected chi connectivity index (χ0v) is 12.2. The van der Waals surface area contributed by atoms with E-state index in [1.807, 2.05) is 0 Å². The molecule has 1 aromatic heterocycles. The summed E-state index contributed by atoms with van der Waals surface area (Å²) in [5.41, 5.74) is 1.32. The molecule has 0 aliphatic carbocycles. The molecule has 1 amide bonds. The number of esters is 1. The van der Waals surface area contributed by atoms with E-state index >= 15 is 0 Å². The van der Waals surface area contributed by atoms with Crippen molar-refractivity contribution in [3.63, 3.8) is 0 Å². The van der Waals surface area contributed by atoms with Crippen LogP contribution in [0.5, 0.6) is 0 Å². The second kappa shape index (κ2) is 5.45. The summed E-state index contributed by atoms with van der Waals surface area (Å²) in [6, 6.07) is 0. The van der Waals surface area contributed by atoms with Crippen molar-refractivity contribution in [1.82, 2.24) is 25.5 Å². The molecule has 0 saturated carbocycles. The highest BCUT2D eigenvalue weighted by atomic mass is 32.2. The Morgan fingerprint density at radius 3 is 3.00 bits per heavy atom. The van der Waals surface area contributed by atoms with E-state index < -0.39 is 6.10 Å². The van der Waals surface area contributed by atoms with E-state index in [2.05, 4.69) is 20.6 Å². The van der Waals surface area contributed by atoms with Crippen LogP contribution in [0.25, 0.3) is 5.70 Å². The van der Waals surface area contributed by atoms with Crippen molar-refractivity contribution in [2.24, 2.45) is 0 Å². The van der Waals surface area contributed by atoms with Crippen molar-refractivity contribution in [1.29, 1.82) is 0 Å². The Morgan fingerprint density at radius 1 is 1.57 bits per heavy atom. The first-order valence-electron chi connectivity index (χ1n) is 6.20. The number of thioether (sulfide) groups is 1. The molecule has 1 fully saturated rings. The van der Waals surface area contributed by atoms with Crippen molar-refractivity contribution >= 4 is 29.3 Å². The molecule has 0 aromatic carbocycles. The van der Waals surface area contributed by atoms with E-state index in [0.717, 1.165) is 5.57 Å². The summed E-state index contributed by atoms with van der Waals surface area (Å²) in [5.74, 6) is 0.373. The molecule has 2 atom stereocenters. The lowest BCUT2D eigenvalue weighted by molar-refractivity contribution is -0.155. The molecule has 1 saturated heterocycles. The fourth-order valence-corrected chi connectivity index (χ4v) is 3.66. The fraction of sp³-hybridized carbons (Fsp3) is 0.545. The number of rotatable bonds is 4. The van der Waals surface area contributed by atoms with Gasteiger partial charge in [-0.1, -0.05) is 0 Å². The molecule has 112 valence electrons. The molecule has 0 unspecified atom stereocenters. The third-order valence-corrected chi connectivity index (χ3v) is 4.57. The molecule has 0 radical (unpaired) electrons. The van der Waals surface area contributed by atoms with Crippen molar-refractivity contribution in [3.05, 3.63) is 11.4 Å². The van der Waals surface area contributed by atoms with Gasteiger partial charge < -0.3 is 9.47 Å². The summed E-state index contributed by atoms with van der Waals surface area (Å²) >= 11 is 1.55. The second-order valence-corrected chi connectivity index (χ2v) is 5.64. The largest absolute Gasteiger partial charge is 0.461 e. The normalized spacial score (nSPS) is 24.7. The summed E-state index contributed by atoms with van der Waals surface area (Å²) < 4.78 is 10.2. The monoisotopic (exact) mass is 311 g/mol. The van der Waals surface area contributed by atoms with Crippen LogP contribution < -0.4 is 0 Å². The van der Waals surface area contributed by atoms with Crippen molar-refractivity contribution in [3.8, 4) is 0 Å². The molecule has 10 heteroatoms. The van der Waals surface area contributed by atoms with Gasteiger partial charge in [0.2, 0.25) is 5.82 Å². The van der Waals surface area contributed by atoms with E-state index in [4.69, 9.17) is 9.47 Å². The minimum Gasteiger partial charge on any atom is -0.461 e. The smallest absolute Gasteiger partial charge is 0.302 e. The maximum Gasteiger partial charge on any atom is 0.302 e. The molecular weight excluding hydrogens is 298 g/mol. The lowest BCUT2D eigenvalue weighted by atomic mass is 10.1.